The van der Waals surface area contributed by atoms with Crippen LogP contribution >= 0.6 is 0 Å². The Morgan fingerprint density at radius 2 is 1.64 bits per heavy atom. The van der Waals surface area contributed by atoms with Crippen molar-refractivity contribution in [2.45, 2.75) is 25.7 Å². The van der Waals surface area contributed by atoms with E-state index < -0.39 is 0 Å². The summed E-state index contributed by atoms with van der Waals surface area (Å²) in [6.45, 7) is 7.56. The molecule has 2 fully saturated rings. The fourth-order valence-corrected chi connectivity index (χ4v) is 3.60. The molecule has 0 unspecified atom stereocenters. The zero-order chi connectivity index (χ0) is 14.8. The molecule has 2 aliphatic heterocycles. The zero-order valence-electron chi connectivity index (χ0n) is 13.2. The molecule has 1 aromatic heterocycles. The molecule has 0 bridgehead atoms. The minimum absolute atomic E-state index is 0.807. The topological polar surface area (TPSA) is 53.5 Å². The van der Waals surface area contributed by atoms with Crippen molar-refractivity contribution in [2.24, 2.45) is 0 Å². The van der Waals surface area contributed by atoms with Crippen molar-refractivity contribution >= 4 is 11.8 Å². The molecule has 0 spiro atoms. The average molecular weight is 303 g/mol. The van der Waals surface area contributed by atoms with Crippen LogP contribution in [0.15, 0.2) is 0 Å². The highest BCUT2D eigenvalue weighted by Crippen LogP contribution is 2.30. The second-order valence-corrected chi connectivity index (χ2v) is 6.32. The highest BCUT2D eigenvalue weighted by atomic mass is 16.5. The van der Waals surface area contributed by atoms with Gasteiger partial charge in [-0.1, -0.05) is 0 Å². The molecule has 0 saturated carbocycles. The lowest BCUT2D eigenvalue weighted by atomic mass is 9.96. The molecule has 1 aromatic rings. The number of nitrogens with zero attached hydrogens (tertiary/aromatic N) is 4. The number of aryl methyl sites for hydroxylation is 1. The van der Waals surface area contributed by atoms with E-state index in [4.69, 9.17) is 14.7 Å². The van der Waals surface area contributed by atoms with Gasteiger partial charge in [-0.15, -0.1) is 0 Å². The van der Waals surface area contributed by atoms with E-state index in [0.717, 1.165) is 71.3 Å². The van der Waals surface area contributed by atoms with Crippen LogP contribution in [0.1, 0.15) is 24.1 Å². The summed E-state index contributed by atoms with van der Waals surface area (Å²) in [4.78, 5) is 14.6. The summed E-state index contributed by atoms with van der Waals surface area (Å²) in [6.07, 6.45) is 4.76. The van der Waals surface area contributed by atoms with Crippen molar-refractivity contribution in [1.29, 1.82) is 0 Å². The van der Waals surface area contributed by atoms with Gasteiger partial charge in [-0.25, -0.2) is 4.98 Å². The smallest absolute Gasteiger partial charge is 0.227 e. The van der Waals surface area contributed by atoms with Gasteiger partial charge in [-0.05, 0) is 25.7 Å². The highest BCUT2D eigenvalue weighted by Gasteiger charge is 2.25. The van der Waals surface area contributed by atoms with Gasteiger partial charge in [-0.2, -0.15) is 4.98 Å². The first kappa shape index (κ1) is 14.2. The largest absolute Gasteiger partial charge is 0.378 e. The minimum Gasteiger partial charge on any atom is -0.378 e. The van der Waals surface area contributed by atoms with Gasteiger partial charge in [0.2, 0.25) is 5.95 Å². The van der Waals surface area contributed by atoms with Crippen molar-refractivity contribution in [2.75, 3.05) is 62.3 Å². The standard InChI is InChI=1S/C16H25N5O/c1-2-4-14-13(3-1)15(20-9-11-22-12-10-20)19-16(18-14)21-7-5-17-6-8-21/h17H,1-12H2. The molecule has 4 rings (SSSR count). The summed E-state index contributed by atoms with van der Waals surface area (Å²) in [5.74, 6) is 2.12. The number of aromatic nitrogens is 2. The monoisotopic (exact) mass is 303 g/mol. The first-order valence-corrected chi connectivity index (χ1v) is 8.60. The molecule has 3 aliphatic rings. The van der Waals surface area contributed by atoms with E-state index in [1.165, 1.54) is 29.9 Å². The third-order valence-corrected chi connectivity index (χ3v) is 4.86. The van der Waals surface area contributed by atoms with E-state index in [2.05, 4.69) is 15.1 Å². The zero-order valence-corrected chi connectivity index (χ0v) is 13.2. The maximum Gasteiger partial charge on any atom is 0.227 e. The molecule has 0 aromatic carbocycles. The van der Waals surface area contributed by atoms with Crippen LogP contribution < -0.4 is 15.1 Å². The Morgan fingerprint density at radius 1 is 0.864 bits per heavy atom. The molecule has 0 atom stereocenters. The van der Waals surface area contributed by atoms with Crippen molar-refractivity contribution in [3.8, 4) is 0 Å². The van der Waals surface area contributed by atoms with Crippen LogP contribution in [0, 0.1) is 0 Å². The number of nitrogens with one attached hydrogen (secondary N) is 1. The fourth-order valence-electron chi connectivity index (χ4n) is 3.60. The Labute approximate surface area is 131 Å². The molecule has 6 heteroatoms. The molecule has 120 valence electrons. The number of anilines is 2. The Kier molecular flexibility index (Phi) is 4.12. The van der Waals surface area contributed by atoms with Gasteiger partial charge in [0.05, 0.1) is 18.9 Å². The van der Waals surface area contributed by atoms with Crippen LogP contribution in [0.5, 0.6) is 0 Å². The quantitative estimate of drug-likeness (QED) is 0.863. The second kappa shape index (κ2) is 6.38. The molecule has 0 amide bonds. The van der Waals surface area contributed by atoms with Crippen molar-refractivity contribution in [1.82, 2.24) is 15.3 Å². The average Bonchev–Trinajstić information content (AvgIpc) is 2.62. The molecular weight excluding hydrogens is 278 g/mol. The van der Waals surface area contributed by atoms with Gasteiger partial charge in [0.1, 0.15) is 5.82 Å². The lowest BCUT2D eigenvalue weighted by molar-refractivity contribution is 0.122. The van der Waals surface area contributed by atoms with Crippen molar-refractivity contribution < 1.29 is 4.74 Å². The Hall–Kier alpha value is -1.40. The van der Waals surface area contributed by atoms with E-state index in [1.807, 2.05) is 0 Å². The van der Waals surface area contributed by atoms with Crippen LogP contribution in [-0.2, 0) is 17.6 Å². The summed E-state index contributed by atoms with van der Waals surface area (Å²) in [6, 6.07) is 0. The molecule has 1 N–H and O–H groups in total. The van der Waals surface area contributed by atoms with Crippen molar-refractivity contribution in [3.63, 3.8) is 0 Å². The predicted molar refractivity (Wildman–Crippen MR) is 86.8 cm³/mol. The third-order valence-electron chi connectivity index (χ3n) is 4.86. The van der Waals surface area contributed by atoms with E-state index in [1.54, 1.807) is 0 Å². The first-order valence-electron chi connectivity index (χ1n) is 8.60. The van der Waals surface area contributed by atoms with Gasteiger partial charge >= 0.3 is 0 Å². The number of rotatable bonds is 2. The first-order chi connectivity index (χ1) is 10.9. The van der Waals surface area contributed by atoms with E-state index >= 15 is 0 Å². The Morgan fingerprint density at radius 3 is 2.45 bits per heavy atom. The predicted octanol–water partition coefficient (Wildman–Crippen LogP) is 0.602. The second-order valence-electron chi connectivity index (χ2n) is 6.32. The molecule has 0 radical (unpaired) electrons. The van der Waals surface area contributed by atoms with Gasteiger partial charge in [0.15, 0.2) is 0 Å². The van der Waals surface area contributed by atoms with Crippen LogP contribution in [0.4, 0.5) is 11.8 Å². The number of ether oxygens (including phenoxy) is 1. The lowest BCUT2D eigenvalue weighted by Gasteiger charge is -2.34. The molecule has 22 heavy (non-hydrogen) atoms. The Balaban J connectivity index is 1.70. The summed E-state index contributed by atoms with van der Waals surface area (Å²) >= 11 is 0. The lowest BCUT2D eigenvalue weighted by Crippen LogP contribution is -2.45. The number of hydrogen-bond acceptors (Lipinski definition) is 6. The van der Waals surface area contributed by atoms with Crippen molar-refractivity contribution in [3.05, 3.63) is 11.3 Å². The van der Waals surface area contributed by atoms with Crippen LogP contribution in [0.25, 0.3) is 0 Å². The molecule has 1 aliphatic carbocycles. The van der Waals surface area contributed by atoms with E-state index in [0.29, 0.717) is 0 Å². The normalized spacial score (nSPS) is 22.5. The van der Waals surface area contributed by atoms with Gasteiger partial charge in [0, 0.05) is 44.8 Å². The number of hydrogen-bond donors (Lipinski definition) is 1. The van der Waals surface area contributed by atoms with E-state index in [-0.39, 0.29) is 0 Å². The number of morpholine rings is 1. The van der Waals surface area contributed by atoms with Gasteiger partial charge in [-0.3, -0.25) is 0 Å². The summed E-state index contributed by atoms with van der Waals surface area (Å²) in [5.41, 5.74) is 2.68. The molecule has 6 nitrogen and oxygen atoms in total. The summed E-state index contributed by atoms with van der Waals surface area (Å²) in [5, 5.41) is 3.40. The fraction of sp³-hybridized carbons (Fsp3) is 0.750. The molecular formula is C16H25N5O. The summed E-state index contributed by atoms with van der Waals surface area (Å²) < 4.78 is 5.51. The van der Waals surface area contributed by atoms with Gasteiger partial charge in [0.25, 0.3) is 0 Å². The van der Waals surface area contributed by atoms with Crippen LogP contribution in [-0.4, -0.2) is 62.5 Å². The molecule has 2 saturated heterocycles. The number of piperazine rings is 1. The maximum atomic E-state index is 5.51. The van der Waals surface area contributed by atoms with Crippen LogP contribution in [0.2, 0.25) is 0 Å². The number of fused-ring (bicyclic) bond motifs is 1. The third kappa shape index (κ3) is 2.77. The summed E-state index contributed by atoms with van der Waals surface area (Å²) in [7, 11) is 0. The van der Waals surface area contributed by atoms with E-state index in [9.17, 15) is 0 Å². The van der Waals surface area contributed by atoms with Crippen LogP contribution in [0.3, 0.4) is 0 Å². The van der Waals surface area contributed by atoms with Gasteiger partial charge < -0.3 is 19.9 Å². The SMILES string of the molecule is C1CCc2c(nc(N3CCNCC3)nc2N2CCOCC2)C1. The highest BCUT2D eigenvalue weighted by molar-refractivity contribution is 5.54. The Bertz CT molecular complexity index is 524. The minimum atomic E-state index is 0.807. The molecule has 3 heterocycles. The maximum absolute atomic E-state index is 5.51.